The molecule has 0 spiro atoms. The summed E-state index contributed by atoms with van der Waals surface area (Å²) in [5, 5.41) is 14.3. The highest BCUT2D eigenvalue weighted by Crippen LogP contribution is 2.22. The van der Waals surface area contributed by atoms with Crippen LogP contribution in [0.25, 0.3) is 0 Å². The number of carbonyl (C=O) groups excluding carboxylic acids is 1. The molecule has 8 heteroatoms. The first-order valence-electron chi connectivity index (χ1n) is 11.0. The third kappa shape index (κ3) is 7.38. The highest BCUT2D eigenvalue weighted by Gasteiger charge is 2.22. The van der Waals surface area contributed by atoms with Crippen LogP contribution in [0.1, 0.15) is 28.6 Å². The summed E-state index contributed by atoms with van der Waals surface area (Å²) >= 11 is 1.67. The Hall–Kier alpha value is -3.78. The van der Waals surface area contributed by atoms with Crippen LogP contribution in [0.4, 0.5) is 10.8 Å². The number of nitrogens with one attached hydrogen (secondary N) is 2. The van der Waals surface area contributed by atoms with Gasteiger partial charge in [-0.05, 0) is 16.7 Å². The summed E-state index contributed by atoms with van der Waals surface area (Å²) in [4.78, 5) is 12.5. The lowest BCUT2D eigenvalue weighted by Gasteiger charge is -2.15. The smallest absolute Gasteiger partial charge is 0.408 e. The zero-order chi connectivity index (χ0) is 23.4. The predicted molar refractivity (Wildman–Crippen MR) is 133 cm³/mol. The molecule has 0 radical (unpaired) electrons. The van der Waals surface area contributed by atoms with Crippen LogP contribution >= 0.6 is 11.8 Å². The third-order valence-electron chi connectivity index (χ3n) is 4.93. The Morgan fingerprint density at radius 3 is 2.15 bits per heavy atom. The predicted octanol–water partition coefficient (Wildman–Crippen LogP) is 5.58. The normalized spacial score (nSPS) is 11.5. The first-order chi connectivity index (χ1) is 16.8. The number of anilines is 1. The molecule has 4 aromatic rings. The first-order valence-corrected chi connectivity index (χ1v) is 12.1. The number of carbonyl (C=O) groups is 1. The van der Waals surface area contributed by atoms with E-state index in [4.69, 9.17) is 9.15 Å². The van der Waals surface area contributed by atoms with Gasteiger partial charge in [0.15, 0.2) is 0 Å². The Kier molecular flexibility index (Phi) is 8.57. The first kappa shape index (κ1) is 23.4. The number of alkyl carbamates (subject to hydrolysis) is 1. The molecule has 174 valence electrons. The average Bonchev–Trinajstić information content (AvgIpc) is 3.37. The van der Waals surface area contributed by atoms with E-state index in [0.29, 0.717) is 24.2 Å². The summed E-state index contributed by atoms with van der Waals surface area (Å²) in [5.74, 6) is 1.67. The van der Waals surface area contributed by atoms with Crippen molar-refractivity contribution in [3.05, 3.63) is 114 Å². The van der Waals surface area contributed by atoms with E-state index in [-0.39, 0.29) is 6.61 Å². The van der Waals surface area contributed by atoms with Gasteiger partial charge in [0.25, 0.3) is 0 Å². The van der Waals surface area contributed by atoms with Crippen molar-refractivity contribution in [2.24, 2.45) is 0 Å². The van der Waals surface area contributed by atoms with Crippen LogP contribution < -0.4 is 10.6 Å². The number of benzene rings is 3. The SMILES string of the molecule is O=C(N[C@@H](CSCc1ccccc1)c1nnc(NCc2ccccc2)o1)OCc1ccccc1. The molecule has 0 unspecified atom stereocenters. The van der Waals surface area contributed by atoms with Crippen molar-refractivity contribution in [1.29, 1.82) is 0 Å². The van der Waals surface area contributed by atoms with Crippen LogP contribution in [0.3, 0.4) is 0 Å². The summed E-state index contributed by atoms with van der Waals surface area (Å²) in [6.45, 7) is 0.743. The molecule has 0 aliphatic rings. The number of hydrogen-bond donors (Lipinski definition) is 2. The van der Waals surface area contributed by atoms with Crippen LogP contribution in [0.15, 0.2) is 95.4 Å². The van der Waals surface area contributed by atoms with E-state index in [1.165, 1.54) is 5.56 Å². The van der Waals surface area contributed by atoms with Gasteiger partial charge in [0.1, 0.15) is 12.6 Å². The lowest BCUT2D eigenvalue weighted by molar-refractivity contribution is 0.135. The van der Waals surface area contributed by atoms with E-state index in [1.54, 1.807) is 11.8 Å². The Morgan fingerprint density at radius 1 is 0.853 bits per heavy atom. The van der Waals surface area contributed by atoms with Crippen LogP contribution in [0, 0.1) is 0 Å². The van der Waals surface area contributed by atoms with Crippen LogP contribution in [-0.2, 0) is 23.6 Å². The van der Waals surface area contributed by atoms with Crippen LogP contribution in [0.2, 0.25) is 0 Å². The van der Waals surface area contributed by atoms with Crippen molar-refractivity contribution in [2.75, 3.05) is 11.1 Å². The van der Waals surface area contributed by atoms with E-state index in [0.717, 1.165) is 16.9 Å². The molecule has 34 heavy (non-hydrogen) atoms. The van der Waals surface area contributed by atoms with E-state index in [9.17, 15) is 4.79 Å². The lowest BCUT2D eigenvalue weighted by atomic mass is 10.2. The van der Waals surface area contributed by atoms with Crippen molar-refractivity contribution in [3.63, 3.8) is 0 Å². The van der Waals surface area contributed by atoms with Gasteiger partial charge < -0.3 is 19.8 Å². The molecule has 1 atom stereocenters. The molecular weight excluding hydrogens is 448 g/mol. The second kappa shape index (κ2) is 12.5. The standard InChI is InChI=1S/C26H26N4O3S/c31-26(32-17-21-12-6-2-7-13-21)28-23(19-34-18-22-14-8-3-9-15-22)24-29-30-25(33-24)27-16-20-10-4-1-5-11-20/h1-15,23H,16-19H2,(H,27,30)(H,28,31)/t23-/m0/s1. The Labute approximate surface area is 202 Å². The van der Waals surface area contributed by atoms with Crippen LogP contribution in [-0.4, -0.2) is 22.0 Å². The van der Waals surface area contributed by atoms with Crippen molar-refractivity contribution in [3.8, 4) is 0 Å². The molecule has 4 rings (SSSR count). The van der Waals surface area contributed by atoms with E-state index in [2.05, 4.69) is 33.0 Å². The molecule has 0 saturated heterocycles. The lowest BCUT2D eigenvalue weighted by Crippen LogP contribution is -2.31. The fourth-order valence-corrected chi connectivity index (χ4v) is 4.18. The van der Waals surface area contributed by atoms with Gasteiger partial charge in [0.2, 0.25) is 5.89 Å². The molecular formula is C26H26N4O3S. The zero-order valence-electron chi connectivity index (χ0n) is 18.6. The van der Waals surface area contributed by atoms with E-state index < -0.39 is 12.1 Å². The minimum absolute atomic E-state index is 0.185. The fraction of sp³-hybridized carbons (Fsp3) is 0.192. The molecule has 0 aliphatic heterocycles. The van der Waals surface area contributed by atoms with Gasteiger partial charge in [-0.3, -0.25) is 0 Å². The van der Waals surface area contributed by atoms with Crippen molar-refractivity contribution < 1.29 is 13.9 Å². The maximum Gasteiger partial charge on any atom is 0.408 e. The van der Waals surface area contributed by atoms with Crippen molar-refractivity contribution >= 4 is 23.9 Å². The van der Waals surface area contributed by atoms with Gasteiger partial charge in [-0.25, -0.2) is 4.79 Å². The number of thioether (sulfide) groups is 1. The van der Waals surface area contributed by atoms with Gasteiger partial charge >= 0.3 is 12.1 Å². The van der Waals surface area contributed by atoms with Gasteiger partial charge in [0, 0.05) is 18.1 Å². The van der Waals surface area contributed by atoms with Gasteiger partial charge in [-0.15, -0.1) is 5.10 Å². The second-order valence-corrected chi connectivity index (χ2v) is 8.57. The Balaban J connectivity index is 1.36. The van der Waals surface area contributed by atoms with Crippen molar-refractivity contribution in [1.82, 2.24) is 15.5 Å². The summed E-state index contributed by atoms with van der Waals surface area (Å²) in [5.41, 5.74) is 3.21. The van der Waals surface area contributed by atoms with Gasteiger partial charge in [-0.2, -0.15) is 11.8 Å². The minimum Gasteiger partial charge on any atom is -0.445 e. The number of aromatic nitrogens is 2. The van der Waals surface area contributed by atoms with Crippen LogP contribution in [0.5, 0.6) is 0 Å². The average molecular weight is 475 g/mol. The molecule has 0 fully saturated rings. The summed E-state index contributed by atoms with van der Waals surface area (Å²) < 4.78 is 11.2. The Bertz CT molecular complexity index is 1140. The molecule has 1 heterocycles. The zero-order valence-corrected chi connectivity index (χ0v) is 19.4. The molecule has 0 saturated carbocycles. The maximum absolute atomic E-state index is 12.5. The molecule has 0 aliphatic carbocycles. The highest BCUT2D eigenvalue weighted by molar-refractivity contribution is 7.98. The molecule has 1 amide bonds. The second-order valence-electron chi connectivity index (χ2n) is 7.54. The monoisotopic (exact) mass is 474 g/mol. The van der Waals surface area contributed by atoms with Gasteiger partial charge in [0.05, 0.1) is 0 Å². The number of nitrogens with zero attached hydrogens (tertiary/aromatic N) is 2. The molecule has 0 bridgehead atoms. The third-order valence-corrected chi connectivity index (χ3v) is 6.03. The molecule has 1 aromatic heterocycles. The van der Waals surface area contributed by atoms with Gasteiger partial charge in [-0.1, -0.05) is 96.1 Å². The molecule has 3 aromatic carbocycles. The Morgan fingerprint density at radius 2 is 1.47 bits per heavy atom. The largest absolute Gasteiger partial charge is 0.445 e. The maximum atomic E-state index is 12.5. The summed E-state index contributed by atoms with van der Waals surface area (Å²) in [7, 11) is 0. The van der Waals surface area contributed by atoms with E-state index >= 15 is 0 Å². The quantitative estimate of drug-likeness (QED) is 0.293. The van der Waals surface area contributed by atoms with E-state index in [1.807, 2.05) is 78.9 Å². The topological polar surface area (TPSA) is 89.3 Å². The number of ether oxygens (including phenoxy) is 1. The molecule has 2 N–H and O–H groups in total. The minimum atomic E-state index is -0.536. The summed E-state index contributed by atoms with van der Waals surface area (Å²) in [6, 6.07) is 29.4. The number of rotatable bonds is 11. The highest BCUT2D eigenvalue weighted by atomic mass is 32.2. The summed E-state index contributed by atoms with van der Waals surface area (Å²) in [6.07, 6.45) is -0.536. The van der Waals surface area contributed by atoms with Crippen molar-refractivity contribution in [2.45, 2.75) is 24.9 Å². The fourth-order valence-electron chi connectivity index (χ4n) is 3.17. The number of amides is 1. The molecule has 7 nitrogen and oxygen atoms in total. The number of hydrogen-bond acceptors (Lipinski definition) is 7.